The van der Waals surface area contributed by atoms with Gasteiger partial charge in [0.1, 0.15) is 0 Å². The molecular weight excluding hydrogens is 470 g/mol. The lowest BCUT2D eigenvalue weighted by molar-refractivity contribution is -0.384. The lowest BCUT2D eigenvalue weighted by atomic mass is 10.1. The van der Waals surface area contributed by atoms with Gasteiger partial charge in [0.05, 0.1) is 33.1 Å². The van der Waals surface area contributed by atoms with Crippen LogP contribution < -0.4 is 10.6 Å². The number of hydrogen-bond donors (Lipinski definition) is 2. The molecule has 1 heterocycles. The zero-order valence-electron chi connectivity index (χ0n) is 18.3. The monoisotopic (exact) mass is 489 g/mol. The van der Waals surface area contributed by atoms with Gasteiger partial charge in [-0.3, -0.25) is 19.7 Å². The fourth-order valence-corrected chi connectivity index (χ4v) is 3.77. The Labute approximate surface area is 205 Å². The number of anilines is 1. The number of benzene rings is 3. The second-order valence-electron chi connectivity index (χ2n) is 7.61. The topological polar surface area (TPSA) is 119 Å². The number of imidazole rings is 1. The van der Waals surface area contributed by atoms with Crippen LogP contribution in [0.1, 0.15) is 31.8 Å². The van der Waals surface area contributed by atoms with E-state index in [1.807, 2.05) is 35.0 Å². The van der Waals surface area contributed by atoms with Gasteiger partial charge in [0.15, 0.2) is 0 Å². The van der Waals surface area contributed by atoms with Gasteiger partial charge < -0.3 is 15.2 Å². The second kappa shape index (κ2) is 10.6. The number of carbonyl (C=O) groups excluding carboxylic acids is 2. The zero-order chi connectivity index (χ0) is 24.8. The van der Waals surface area contributed by atoms with E-state index < -0.39 is 10.8 Å². The molecule has 1 aromatic heterocycles. The number of amides is 2. The van der Waals surface area contributed by atoms with Crippen LogP contribution in [0.25, 0.3) is 0 Å². The molecule has 0 aliphatic carbocycles. The number of nitrogens with one attached hydrogen (secondary N) is 2. The Bertz CT molecular complexity index is 1390. The highest BCUT2D eigenvalue weighted by Gasteiger charge is 2.18. The molecule has 9 nitrogen and oxygen atoms in total. The van der Waals surface area contributed by atoms with Gasteiger partial charge >= 0.3 is 0 Å². The number of rotatable bonds is 8. The van der Waals surface area contributed by atoms with E-state index in [0.29, 0.717) is 13.1 Å². The average Bonchev–Trinajstić information content (AvgIpc) is 3.36. The maximum atomic E-state index is 13.0. The molecule has 0 aliphatic rings. The molecule has 0 radical (unpaired) electrons. The van der Waals surface area contributed by atoms with Crippen molar-refractivity contribution in [3.8, 4) is 0 Å². The normalized spacial score (nSPS) is 10.5. The van der Waals surface area contributed by atoms with Crippen molar-refractivity contribution in [2.75, 3.05) is 5.32 Å². The fourth-order valence-electron chi connectivity index (χ4n) is 3.51. The molecule has 2 N–H and O–H groups in total. The Morgan fingerprint density at radius 3 is 2.43 bits per heavy atom. The number of nitrogens with zero attached hydrogens (tertiary/aromatic N) is 3. The van der Waals surface area contributed by atoms with Gasteiger partial charge in [-0.1, -0.05) is 48.0 Å². The third kappa shape index (κ3) is 5.71. The second-order valence-corrected chi connectivity index (χ2v) is 8.01. The quantitative estimate of drug-likeness (QED) is 0.275. The molecule has 176 valence electrons. The first kappa shape index (κ1) is 23.7. The van der Waals surface area contributed by atoms with Gasteiger partial charge in [0, 0.05) is 37.6 Å². The smallest absolute Gasteiger partial charge is 0.270 e. The third-order valence-electron chi connectivity index (χ3n) is 5.30. The van der Waals surface area contributed by atoms with Crippen molar-refractivity contribution >= 4 is 34.8 Å². The van der Waals surface area contributed by atoms with Gasteiger partial charge in [-0.15, -0.1) is 0 Å². The Morgan fingerprint density at radius 2 is 1.71 bits per heavy atom. The number of nitro benzene ring substituents is 1. The maximum absolute atomic E-state index is 13.0. The lowest BCUT2D eigenvalue weighted by Gasteiger charge is -2.14. The van der Waals surface area contributed by atoms with Gasteiger partial charge in [-0.05, 0) is 29.3 Å². The van der Waals surface area contributed by atoms with Crippen molar-refractivity contribution in [1.82, 2.24) is 14.9 Å². The minimum Gasteiger partial charge on any atom is -0.348 e. The van der Waals surface area contributed by atoms with Gasteiger partial charge in [-0.25, -0.2) is 4.98 Å². The van der Waals surface area contributed by atoms with Crippen molar-refractivity contribution in [2.24, 2.45) is 0 Å². The molecule has 35 heavy (non-hydrogen) atoms. The summed E-state index contributed by atoms with van der Waals surface area (Å²) in [7, 11) is 0. The van der Waals surface area contributed by atoms with Crippen LogP contribution in [-0.2, 0) is 13.1 Å². The van der Waals surface area contributed by atoms with Crippen LogP contribution in [0.2, 0.25) is 5.02 Å². The Hall–Kier alpha value is -4.50. The van der Waals surface area contributed by atoms with E-state index in [4.69, 9.17) is 11.6 Å². The van der Waals surface area contributed by atoms with Crippen LogP contribution in [0.5, 0.6) is 0 Å². The van der Waals surface area contributed by atoms with E-state index in [9.17, 15) is 19.7 Å². The summed E-state index contributed by atoms with van der Waals surface area (Å²) in [5, 5.41) is 16.4. The summed E-state index contributed by atoms with van der Waals surface area (Å²) in [6.45, 7) is 0.912. The lowest BCUT2D eigenvalue weighted by Crippen LogP contribution is -2.25. The highest BCUT2D eigenvalue weighted by atomic mass is 35.5. The van der Waals surface area contributed by atoms with Crippen LogP contribution in [0.15, 0.2) is 85.5 Å². The van der Waals surface area contributed by atoms with Crippen molar-refractivity contribution in [2.45, 2.75) is 13.1 Å². The standard InChI is InChI=1S/C25H20ClN5O4/c26-22-13-19(31(34)35)9-10-20(22)25(33)29-23-8-4-3-7-21(23)24(32)28-14-17-5-1-2-6-18(17)15-30-12-11-27-16-30/h1-13,16H,14-15H2,(H,28,32)(H,29,33). The predicted octanol–water partition coefficient (Wildman–Crippen LogP) is 4.68. The molecule has 0 spiro atoms. The van der Waals surface area contributed by atoms with E-state index in [1.54, 1.807) is 36.8 Å². The predicted molar refractivity (Wildman–Crippen MR) is 131 cm³/mol. The molecule has 0 bridgehead atoms. The van der Waals surface area contributed by atoms with Crippen LogP contribution in [0.3, 0.4) is 0 Å². The first-order valence-electron chi connectivity index (χ1n) is 10.6. The maximum Gasteiger partial charge on any atom is 0.270 e. The van der Waals surface area contributed by atoms with Crippen molar-refractivity contribution in [1.29, 1.82) is 0 Å². The van der Waals surface area contributed by atoms with Crippen molar-refractivity contribution in [3.05, 3.63) is 123 Å². The number of non-ortho nitro benzene ring substituents is 1. The summed E-state index contributed by atoms with van der Waals surface area (Å²) in [6, 6.07) is 17.9. The van der Waals surface area contributed by atoms with Crippen molar-refractivity contribution in [3.63, 3.8) is 0 Å². The molecule has 0 atom stereocenters. The minimum atomic E-state index is -0.596. The molecule has 0 aliphatic heterocycles. The number of nitro groups is 1. The van der Waals surface area contributed by atoms with Crippen molar-refractivity contribution < 1.29 is 14.5 Å². The van der Waals surface area contributed by atoms with E-state index in [1.165, 1.54) is 12.1 Å². The number of para-hydroxylation sites is 1. The number of hydrogen-bond acceptors (Lipinski definition) is 5. The van der Waals surface area contributed by atoms with Crippen LogP contribution in [-0.4, -0.2) is 26.3 Å². The minimum absolute atomic E-state index is 0.0564. The Morgan fingerprint density at radius 1 is 0.971 bits per heavy atom. The molecule has 0 fully saturated rings. The Kier molecular flexibility index (Phi) is 7.18. The summed E-state index contributed by atoms with van der Waals surface area (Å²) < 4.78 is 1.94. The average molecular weight is 490 g/mol. The summed E-state index contributed by atoms with van der Waals surface area (Å²) in [6.07, 6.45) is 5.30. The Balaban J connectivity index is 1.47. The van der Waals surface area contributed by atoms with Gasteiger partial charge in [0.25, 0.3) is 17.5 Å². The molecule has 4 rings (SSSR count). The summed E-state index contributed by atoms with van der Waals surface area (Å²) in [5.74, 6) is -0.955. The first-order valence-corrected chi connectivity index (χ1v) is 10.9. The third-order valence-corrected chi connectivity index (χ3v) is 5.61. The largest absolute Gasteiger partial charge is 0.348 e. The first-order chi connectivity index (χ1) is 16.9. The molecule has 0 saturated carbocycles. The van der Waals surface area contributed by atoms with E-state index in [2.05, 4.69) is 15.6 Å². The molecular formula is C25H20ClN5O4. The van der Waals surface area contributed by atoms with Crippen LogP contribution >= 0.6 is 11.6 Å². The summed E-state index contributed by atoms with van der Waals surface area (Å²) >= 11 is 6.07. The number of aromatic nitrogens is 2. The molecule has 0 saturated heterocycles. The van der Waals surface area contributed by atoms with E-state index >= 15 is 0 Å². The molecule has 3 aromatic carbocycles. The highest BCUT2D eigenvalue weighted by molar-refractivity contribution is 6.34. The van der Waals surface area contributed by atoms with Crippen LogP contribution in [0, 0.1) is 10.1 Å². The molecule has 0 unspecified atom stereocenters. The fraction of sp³-hybridized carbons (Fsp3) is 0.0800. The SMILES string of the molecule is O=C(Nc1ccccc1C(=O)NCc1ccccc1Cn1ccnc1)c1ccc([N+](=O)[O-])cc1Cl. The van der Waals surface area contributed by atoms with Gasteiger partial charge in [0.2, 0.25) is 0 Å². The van der Waals surface area contributed by atoms with E-state index in [0.717, 1.165) is 17.2 Å². The summed E-state index contributed by atoms with van der Waals surface area (Å²) in [5.41, 5.74) is 2.39. The van der Waals surface area contributed by atoms with Gasteiger partial charge in [-0.2, -0.15) is 0 Å². The number of halogens is 1. The highest BCUT2D eigenvalue weighted by Crippen LogP contribution is 2.24. The zero-order valence-corrected chi connectivity index (χ0v) is 19.1. The van der Waals surface area contributed by atoms with E-state index in [-0.39, 0.29) is 33.4 Å². The number of carbonyl (C=O) groups is 2. The molecule has 10 heteroatoms. The van der Waals surface area contributed by atoms with Crippen LogP contribution in [0.4, 0.5) is 11.4 Å². The molecule has 4 aromatic rings. The summed E-state index contributed by atoms with van der Waals surface area (Å²) in [4.78, 5) is 40.1. The molecule has 2 amide bonds.